The number of aliphatic hydroxyl groups excluding tert-OH is 1. The number of carbonyl (C=O) groups is 4. The van der Waals surface area contributed by atoms with Gasteiger partial charge in [0, 0.05) is 252 Å². The topological polar surface area (TPSA) is 344 Å². The third kappa shape index (κ3) is 24.3. The Morgan fingerprint density at radius 2 is 0.795 bits per heavy atom. The molecular weight excluding hydrogens is 1460 g/mol. The molecule has 612 valence electrons. The number of anilines is 2. The molecule has 35 heteroatoms. The van der Waals surface area contributed by atoms with E-state index in [2.05, 4.69) is 55.2 Å². The van der Waals surface area contributed by atoms with Gasteiger partial charge in [-0.05, 0) is 127 Å². The van der Waals surface area contributed by atoms with Gasteiger partial charge in [-0.2, -0.15) is 48.0 Å². The summed E-state index contributed by atoms with van der Waals surface area (Å²) < 4.78 is 59.2. The largest absolute Gasteiger partial charge is 0.444 e. The molecule has 0 atom stereocenters. The number of aliphatic hydroxyl groups is 1. The molecule has 0 bridgehead atoms. The number of hydrogen-bond donors (Lipinski definition) is 3. The minimum atomic E-state index is -3.40. The van der Waals surface area contributed by atoms with E-state index in [4.69, 9.17) is 34.0 Å². The fourth-order valence-electron chi connectivity index (χ4n) is 13.8. The zero-order chi connectivity index (χ0) is 80.1. The first-order chi connectivity index (χ1) is 53.1. The van der Waals surface area contributed by atoms with Crippen LogP contribution in [0.15, 0.2) is 98.4 Å². The van der Waals surface area contributed by atoms with E-state index in [-0.39, 0.29) is 49.4 Å². The van der Waals surface area contributed by atoms with Crippen molar-refractivity contribution >= 4 is 57.4 Å². The summed E-state index contributed by atoms with van der Waals surface area (Å²) in [7, 11) is -3.40. The van der Waals surface area contributed by atoms with E-state index in [9.17, 15) is 27.6 Å². The summed E-state index contributed by atoms with van der Waals surface area (Å²) in [5.74, 6) is 5.17. The molecule has 0 aliphatic carbocycles. The van der Waals surface area contributed by atoms with Crippen LogP contribution in [0.1, 0.15) is 106 Å². The number of carbonyl (C=O) groups excluding carboxylic acids is 4. The van der Waals surface area contributed by atoms with Gasteiger partial charge in [0.1, 0.15) is 34.0 Å². The number of likely N-dealkylation sites (tertiary alicyclic amines) is 3. The molecule has 112 heavy (non-hydrogen) atoms. The van der Waals surface area contributed by atoms with Crippen molar-refractivity contribution in [3.05, 3.63) is 121 Å². The van der Waals surface area contributed by atoms with Gasteiger partial charge in [-0.3, -0.25) is 22.9 Å². The van der Waals surface area contributed by atoms with Crippen LogP contribution in [0.4, 0.5) is 30.8 Å². The van der Waals surface area contributed by atoms with Crippen LogP contribution in [0.25, 0.3) is 11.3 Å². The molecule has 34 nitrogen and oxygen atoms in total. The summed E-state index contributed by atoms with van der Waals surface area (Å²) in [5, 5.41) is 41.5. The molecule has 8 aromatic heterocycles. The highest BCUT2D eigenvalue weighted by Crippen LogP contribution is 2.35. The fourth-order valence-corrected chi connectivity index (χ4v) is 14.3. The lowest BCUT2D eigenvalue weighted by Gasteiger charge is -2.41. The summed E-state index contributed by atoms with van der Waals surface area (Å²) >= 11 is 0. The van der Waals surface area contributed by atoms with Crippen LogP contribution in [0, 0.1) is 35.5 Å². The molecule has 16 rings (SSSR count). The quantitative estimate of drug-likeness (QED) is 0.0755. The number of rotatable bonds is 14. The third-order valence-electron chi connectivity index (χ3n) is 19.4. The highest BCUT2D eigenvalue weighted by molar-refractivity contribution is 7.86. The zero-order valence-corrected chi connectivity index (χ0v) is 68.2. The molecular formula is C77H116N22O12S. The Hall–Kier alpha value is -9.45. The molecule has 0 aromatic carbocycles. The molecule has 8 aliphatic heterocycles. The second-order valence-corrected chi connectivity index (χ2v) is 35.7. The predicted molar refractivity (Wildman–Crippen MR) is 420 cm³/mol. The van der Waals surface area contributed by atoms with Crippen LogP contribution in [0.2, 0.25) is 0 Å². The first kappa shape index (κ1) is 83.5. The Kier molecular flexibility index (Phi) is 27.3. The Labute approximate surface area is 656 Å². The monoisotopic (exact) mass is 1570 g/mol. The van der Waals surface area contributed by atoms with Crippen LogP contribution in [-0.2, 0) is 85.1 Å². The maximum absolute atomic E-state index is 12.6. The van der Waals surface area contributed by atoms with Gasteiger partial charge >= 0.3 is 24.4 Å². The maximum atomic E-state index is 12.6. The molecule has 6 saturated heterocycles. The van der Waals surface area contributed by atoms with E-state index in [0.717, 1.165) is 146 Å². The Bertz CT molecular complexity index is 4420. The average Bonchev–Trinajstić information content (AvgIpc) is 1.52. The van der Waals surface area contributed by atoms with Crippen LogP contribution < -0.4 is 20.4 Å². The summed E-state index contributed by atoms with van der Waals surface area (Å²) in [6, 6.07) is 11.8. The molecule has 0 saturated carbocycles. The minimum absolute atomic E-state index is 0.0669. The van der Waals surface area contributed by atoms with Crippen molar-refractivity contribution in [1.82, 2.24) is 98.6 Å². The summed E-state index contributed by atoms with van der Waals surface area (Å²) in [6.45, 7) is 39.7. The number of aromatic nitrogens is 14. The summed E-state index contributed by atoms with van der Waals surface area (Å²) in [6.07, 6.45) is 22.3. The second-order valence-electron chi connectivity index (χ2n) is 34.0. The van der Waals surface area contributed by atoms with Crippen molar-refractivity contribution in [2.45, 2.75) is 157 Å². The third-order valence-corrected chi connectivity index (χ3v) is 19.9. The normalized spacial score (nSPS) is 17.8. The first-order valence-corrected chi connectivity index (χ1v) is 40.8. The first-order valence-electron chi connectivity index (χ1n) is 39.0. The van der Waals surface area contributed by atoms with Crippen molar-refractivity contribution in [2.75, 3.05) is 134 Å². The van der Waals surface area contributed by atoms with E-state index >= 15 is 0 Å². The molecule has 8 aromatic rings. The second kappa shape index (κ2) is 36.6. The van der Waals surface area contributed by atoms with Crippen molar-refractivity contribution in [3.63, 3.8) is 0 Å². The highest BCUT2D eigenvalue weighted by atomic mass is 32.2. The van der Waals surface area contributed by atoms with Gasteiger partial charge < -0.3 is 64.1 Å². The molecule has 8 aliphatic rings. The number of ether oxygens (including phenoxy) is 4. The van der Waals surface area contributed by atoms with Crippen molar-refractivity contribution < 1.29 is 55.8 Å². The van der Waals surface area contributed by atoms with Gasteiger partial charge in [0.25, 0.3) is 10.1 Å². The zero-order valence-electron chi connectivity index (χ0n) is 67.4. The molecule has 3 N–H and O–H groups in total. The number of amides is 4. The fraction of sp³-hybridized carbons (Fsp3) is 0.636. The van der Waals surface area contributed by atoms with Gasteiger partial charge in [0.15, 0.2) is 11.3 Å². The lowest BCUT2D eigenvalue weighted by Crippen LogP contribution is -2.53. The van der Waals surface area contributed by atoms with Crippen molar-refractivity contribution in [3.8, 4) is 0 Å². The Morgan fingerprint density at radius 1 is 0.438 bits per heavy atom. The molecule has 0 spiro atoms. The molecule has 0 unspecified atom stereocenters. The van der Waals surface area contributed by atoms with Crippen molar-refractivity contribution in [1.29, 1.82) is 0 Å². The van der Waals surface area contributed by atoms with Crippen LogP contribution in [-0.4, -0.2) is 272 Å². The standard InChI is InChI=1S/C22H29N7O2.C17H21N7.C12H19N3O2.C10H19NO5S.C9H17NO3.C7H11N3/c1-22(2,3)31-21(30)26-11-6-17-18(7-12-26)25-19-5-9-24-29(19)20(17)27-13-16(14-27)15-28-10-4-8-23-28;1-5-19-23(9-1)12-13-10-22(11-13)17-14-2-6-18-7-3-15(14)21-16-4-8-20-24(16)17;1-12(2,3)17-11(16)14-7-10(8-14)9-15-6-4-5-13-15;1-10(2,3)16-9(12)11-5-8(6-11)7-15-17(4,13)14;1-9(2,3)13-8(12)10-4-7(5-10)6-11;1-2-9-10(3-1)6-7-4-8-5-7/h4-5,8-10,16H,6-7,11-15H2,1-3H3;1,4-5,8-9,13,18H,2-3,6-7,10-12H2;4-6,10H,7-9H2,1-3H3;8H,5-7H2,1-4H3;7,11H,4-6H2,1-3H3;1-3,7-8H,4-6H2. The maximum Gasteiger partial charge on any atom is 0.410 e. The SMILES string of the molecule is CC(C)(C)OC(=O)N1CC(CO)C1.CC(C)(C)OC(=O)N1CC(COS(C)(=O)=O)C1.CC(C)(C)OC(=O)N1CC(Cn2cccn2)C1.CC(C)(C)OC(=O)N1CCc2nc3ccnn3c(N3CC(Cn4cccn4)C3)c2CC1.c1cnn(CC2CN(c3c4c(nc5ccnn35)CCNCC4)C2)c1.c1cnn(CC2CNC2)c1. The van der Waals surface area contributed by atoms with Gasteiger partial charge in [0.2, 0.25) is 0 Å². The number of nitrogens with zero attached hydrogens (tertiary/aromatic N) is 20. The van der Waals surface area contributed by atoms with E-state index in [1.54, 1.807) is 47.9 Å². The van der Waals surface area contributed by atoms with Gasteiger partial charge in [-0.1, -0.05) is 0 Å². The van der Waals surface area contributed by atoms with E-state index in [0.29, 0.717) is 63.4 Å². The predicted octanol–water partition coefficient (Wildman–Crippen LogP) is 6.68. The minimum Gasteiger partial charge on any atom is -0.444 e. The lowest BCUT2D eigenvalue weighted by atomic mass is 9.98. The van der Waals surface area contributed by atoms with Gasteiger partial charge in [-0.25, -0.2) is 29.1 Å². The van der Waals surface area contributed by atoms with Gasteiger partial charge in [-0.15, -0.1) is 0 Å². The summed E-state index contributed by atoms with van der Waals surface area (Å²) in [4.78, 5) is 68.4. The summed E-state index contributed by atoms with van der Waals surface area (Å²) in [5.41, 5.74) is 4.83. The number of fused-ring (bicyclic) bond motifs is 4. The molecule has 16 heterocycles. The van der Waals surface area contributed by atoms with Crippen LogP contribution in [0.5, 0.6) is 0 Å². The average molecular weight is 1570 g/mol. The molecule has 4 amide bonds. The Balaban J connectivity index is 0.000000138. The van der Waals surface area contributed by atoms with E-state index in [1.807, 2.05) is 176 Å². The van der Waals surface area contributed by atoms with Crippen molar-refractivity contribution in [2.24, 2.45) is 35.5 Å². The smallest absolute Gasteiger partial charge is 0.410 e. The lowest BCUT2D eigenvalue weighted by molar-refractivity contribution is -0.0101. The number of hydrogen-bond acceptors (Lipinski definition) is 24. The molecule has 6 fully saturated rings. The number of nitrogens with one attached hydrogen (secondary N) is 2. The van der Waals surface area contributed by atoms with Gasteiger partial charge in [0.05, 0.1) is 36.6 Å². The van der Waals surface area contributed by atoms with Crippen LogP contribution >= 0.6 is 0 Å². The molecule has 0 radical (unpaired) electrons. The Morgan fingerprint density at radius 3 is 1.17 bits per heavy atom. The van der Waals surface area contributed by atoms with E-state index < -0.39 is 32.5 Å². The van der Waals surface area contributed by atoms with Crippen LogP contribution in [0.3, 0.4) is 0 Å². The van der Waals surface area contributed by atoms with E-state index in [1.165, 1.54) is 27.5 Å². The highest BCUT2D eigenvalue weighted by Gasteiger charge is 2.39.